The highest BCUT2D eigenvalue weighted by Gasteiger charge is 2.32. The molecule has 0 bridgehead atoms. The molecule has 1 aromatic rings. The molecule has 0 aliphatic carbocycles. The summed E-state index contributed by atoms with van der Waals surface area (Å²) in [6.45, 7) is 5.78. The van der Waals surface area contributed by atoms with E-state index in [1.54, 1.807) is 0 Å². The molecule has 0 radical (unpaired) electrons. The van der Waals surface area contributed by atoms with Crippen LogP contribution in [-0.2, 0) is 10.9 Å². The molecule has 1 aliphatic heterocycles. The van der Waals surface area contributed by atoms with Crippen molar-refractivity contribution in [3.05, 3.63) is 23.8 Å². The molecule has 126 valence electrons. The Hall–Kier alpha value is -1.25. The molecule has 0 saturated carbocycles. The van der Waals surface area contributed by atoms with Crippen LogP contribution in [0, 0.1) is 12.8 Å². The quantitative estimate of drug-likeness (QED) is 0.827. The zero-order chi connectivity index (χ0) is 16.9. The van der Waals surface area contributed by atoms with E-state index in [0.29, 0.717) is 12.3 Å². The lowest BCUT2D eigenvalue weighted by molar-refractivity contribution is -0.141. The number of halogens is 3. The van der Waals surface area contributed by atoms with Gasteiger partial charge in [0.2, 0.25) is 0 Å². The summed E-state index contributed by atoms with van der Waals surface area (Å²) in [5.74, 6) is 0.539. The number of hydrogen-bond donors (Lipinski definition) is 2. The maximum atomic E-state index is 11.9. The Bertz CT molecular complexity index is 469. The van der Waals surface area contributed by atoms with Gasteiger partial charge in [-0.15, -0.1) is 0 Å². The van der Waals surface area contributed by atoms with E-state index in [0.717, 1.165) is 12.3 Å². The molecule has 2 N–H and O–H groups in total. The molecule has 22 heavy (non-hydrogen) atoms. The first-order valence-electron chi connectivity index (χ1n) is 6.95. The van der Waals surface area contributed by atoms with E-state index in [2.05, 4.69) is 23.8 Å². The summed E-state index contributed by atoms with van der Waals surface area (Å²) in [5, 5.41) is 18.4. The molecule has 5 nitrogen and oxygen atoms in total. The summed E-state index contributed by atoms with van der Waals surface area (Å²) in [6, 6.07) is 0.840. The second-order valence-corrected chi connectivity index (χ2v) is 5.47. The monoisotopic (exact) mass is 322 g/mol. The van der Waals surface area contributed by atoms with E-state index in [4.69, 9.17) is 9.84 Å². The fraction of sp³-hybridized carbons (Fsp3) is 0.714. The van der Waals surface area contributed by atoms with Crippen LogP contribution >= 0.6 is 0 Å². The third-order valence-electron chi connectivity index (χ3n) is 3.21. The molecular formula is C14H21F3N2O3. The SMILES string of the molecule is CC(C)C1CC(O)C(O)CO1.Cc1nccc(C(F)(F)F)n1. The van der Waals surface area contributed by atoms with Crippen molar-refractivity contribution in [2.24, 2.45) is 5.92 Å². The van der Waals surface area contributed by atoms with Crippen LogP contribution in [0.15, 0.2) is 12.3 Å². The summed E-state index contributed by atoms with van der Waals surface area (Å²) in [5.41, 5.74) is -0.898. The minimum atomic E-state index is -4.37. The maximum Gasteiger partial charge on any atom is 0.433 e. The molecule has 3 atom stereocenters. The van der Waals surface area contributed by atoms with Gasteiger partial charge in [0.1, 0.15) is 17.6 Å². The largest absolute Gasteiger partial charge is 0.433 e. The van der Waals surface area contributed by atoms with E-state index in [9.17, 15) is 18.3 Å². The predicted molar refractivity (Wildman–Crippen MR) is 73.0 cm³/mol. The van der Waals surface area contributed by atoms with Gasteiger partial charge < -0.3 is 14.9 Å². The van der Waals surface area contributed by atoms with E-state index in [1.807, 2.05) is 0 Å². The van der Waals surface area contributed by atoms with Crippen molar-refractivity contribution < 1.29 is 28.1 Å². The van der Waals surface area contributed by atoms with Gasteiger partial charge >= 0.3 is 6.18 Å². The third kappa shape index (κ3) is 5.86. The van der Waals surface area contributed by atoms with Gasteiger partial charge in [0.05, 0.1) is 18.8 Å². The maximum absolute atomic E-state index is 11.9. The fourth-order valence-corrected chi connectivity index (χ4v) is 1.88. The number of alkyl halides is 3. The first kappa shape index (κ1) is 18.8. The molecule has 0 spiro atoms. The first-order chi connectivity index (χ1) is 10.1. The highest BCUT2D eigenvalue weighted by atomic mass is 19.4. The Kier molecular flexibility index (Phi) is 6.70. The van der Waals surface area contributed by atoms with E-state index >= 15 is 0 Å². The van der Waals surface area contributed by atoms with Gasteiger partial charge in [-0.05, 0) is 18.9 Å². The lowest BCUT2D eigenvalue weighted by Gasteiger charge is -2.32. The lowest BCUT2D eigenvalue weighted by atomic mass is 9.96. The topological polar surface area (TPSA) is 75.5 Å². The summed E-state index contributed by atoms with van der Waals surface area (Å²) >= 11 is 0. The predicted octanol–water partition coefficient (Wildman–Crippen LogP) is 1.96. The summed E-state index contributed by atoms with van der Waals surface area (Å²) in [6.07, 6.45) is -3.91. The average molecular weight is 322 g/mol. The molecule has 0 amide bonds. The number of aromatic nitrogens is 2. The highest BCUT2D eigenvalue weighted by molar-refractivity contribution is 5.05. The van der Waals surface area contributed by atoms with Crippen LogP contribution < -0.4 is 0 Å². The average Bonchev–Trinajstić information content (AvgIpc) is 2.41. The zero-order valence-corrected chi connectivity index (χ0v) is 12.7. The summed E-state index contributed by atoms with van der Waals surface area (Å²) in [7, 11) is 0. The van der Waals surface area contributed by atoms with Gasteiger partial charge in [-0.3, -0.25) is 0 Å². The normalized spacial score (nSPS) is 25.6. The van der Waals surface area contributed by atoms with Crippen LogP contribution in [0.4, 0.5) is 13.2 Å². The van der Waals surface area contributed by atoms with Crippen LogP contribution in [0.1, 0.15) is 31.8 Å². The Labute approximate surface area is 127 Å². The Morgan fingerprint density at radius 1 is 1.27 bits per heavy atom. The number of aliphatic hydroxyl groups excluding tert-OH is 2. The minimum absolute atomic E-state index is 0.105. The van der Waals surface area contributed by atoms with Crippen molar-refractivity contribution in [1.82, 2.24) is 9.97 Å². The second-order valence-electron chi connectivity index (χ2n) is 5.47. The molecule has 1 aromatic heterocycles. The minimum Gasteiger partial charge on any atom is -0.390 e. The number of aliphatic hydroxyl groups is 2. The molecule has 1 saturated heterocycles. The standard InChI is InChI=1S/C8H16O3.C6H5F3N2/c1-5(2)8-3-6(9)7(10)4-11-8;1-4-10-3-2-5(11-4)6(7,8)9/h5-10H,3-4H2,1-2H3;2-3H,1H3. The highest BCUT2D eigenvalue weighted by Crippen LogP contribution is 2.26. The summed E-state index contributed by atoms with van der Waals surface area (Å²) < 4.78 is 40.9. The molecule has 1 fully saturated rings. The summed E-state index contributed by atoms with van der Waals surface area (Å²) in [4.78, 5) is 6.75. The Morgan fingerprint density at radius 2 is 1.91 bits per heavy atom. The fourth-order valence-electron chi connectivity index (χ4n) is 1.88. The van der Waals surface area contributed by atoms with Gasteiger partial charge in [0.25, 0.3) is 0 Å². The number of ether oxygens (including phenoxy) is 1. The third-order valence-corrected chi connectivity index (χ3v) is 3.21. The van der Waals surface area contributed by atoms with Crippen molar-refractivity contribution in [1.29, 1.82) is 0 Å². The van der Waals surface area contributed by atoms with Crippen LogP contribution in [0.3, 0.4) is 0 Å². The molecular weight excluding hydrogens is 301 g/mol. The number of hydrogen-bond acceptors (Lipinski definition) is 5. The molecule has 8 heteroatoms. The van der Waals surface area contributed by atoms with E-state index in [1.165, 1.54) is 6.92 Å². The second kappa shape index (κ2) is 7.85. The van der Waals surface area contributed by atoms with E-state index in [-0.39, 0.29) is 18.5 Å². The van der Waals surface area contributed by atoms with Gasteiger partial charge in [0, 0.05) is 12.6 Å². The molecule has 0 aromatic carbocycles. The van der Waals surface area contributed by atoms with Crippen molar-refractivity contribution in [2.75, 3.05) is 6.61 Å². The van der Waals surface area contributed by atoms with Crippen molar-refractivity contribution in [3.63, 3.8) is 0 Å². The van der Waals surface area contributed by atoms with E-state index < -0.39 is 24.1 Å². The van der Waals surface area contributed by atoms with Gasteiger partial charge in [-0.1, -0.05) is 13.8 Å². The first-order valence-corrected chi connectivity index (χ1v) is 6.95. The van der Waals surface area contributed by atoms with Crippen LogP contribution in [0.5, 0.6) is 0 Å². The van der Waals surface area contributed by atoms with Crippen LogP contribution in [0.2, 0.25) is 0 Å². The van der Waals surface area contributed by atoms with Crippen LogP contribution in [0.25, 0.3) is 0 Å². The molecule has 2 heterocycles. The zero-order valence-electron chi connectivity index (χ0n) is 12.7. The Balaban J connectivity index is 0.000000220. The molecule has 1 aliphatic rings. The van der Waals surface area contributed by atoms with Gasteiger partial charge in [-0.25, -0.2) is 9.97 Å². The number of aryl methyl sites for hydroxylation is 1. The molecule has 3 unspecified atom stereocenters. The smallest absolute Gasteiger partial charge is 0.390 e. The van der Waals surface area contributed by atoms with Crippen LogP contribution in [-0.4, -0.2) is 45.1 Å². The van der Waals surface area contributed by atoms with Gasteiger partial charge in [0.15, 0.2) is 0 Å². The Morgan fingerprint density at radius 3 is 2.32 bits per heavy atom. The van der Waals surface area contributed by atoms with Crippen molar-refractivity contribution >= 4 is 0 Å². The molecule has 2 rings (SSSR count). The van der Waals surface area contributed by atoms with Crippen molar-refractivity contribution in [2.45, 2.75) is 51.7 Å². The number of rotatable bonds is 1. The van der Waals surface area contributed by atoms with Crippen molar-refractivity contribution in [3.8, 4) is 0 Å². The van der Waals surface area contributed by atoms with Gasteiger partial charge in [-0.2, -0.15) is 13.2 Å². The number of nitrogens with zero attached hydrogens (tertiary/aromatic N) is 2. The lowest BCUT2D eigenvalue weighted by Crippen LogP contribution is -2.42.